The van der Waals surface area contributed by atoms with Crippen LogP contribution in [0.1, 0.15) is 28.4 Å². The molecule has 1 amide bonds. The number of ether oxygens (including phenoxy) is 1. The molecule has 1 N–H and O–H groups in total. The van der Waals surface area contributed by atoms with Crippen molar-refractivity contribution in [2.45, 2.75) is 32.1 Å². The fraction of sp³-hybridized carbons (Fsp3) is 0.286. The average Bonchev–Trinajstić information content (AvgIpc) is 3.30. The van der Waals surface area contributed by atoms with Gasteiger partial charge in [0, 0.05) is 25.5 Å². The number of fused-ring (bicyclic) bond motifs is 1. The molecule has 1 aliphatic heterocycles. The molecule has 2 heterocycles. The van der Waals surface area contributed by atoms with Gasteiger partial charge in [-0.05, 0) is 22.9 Å². The topological polar surface area (TPSA) is 92.9 Å². The maximum Gasteiger partial charge on any atom is 0.329 e. The first-order valence-electron chi connectivity index (χ1n) is 9.07. The molecule has 0 spiro atoms. The second-order valence-corrected chi connectivity index (χ2v) is 6.89. The molecule has 1 fully saturated rings. The van der Waals surface area contributed by atoms with Gasteiger partial charge in [0.05, 0.1) is 6.10 Å². The number of esters is 1. The fourth-order valence-electron chi connectivity index (χ4n) is 3.47. The number of aromatic nitrogens is 1. The van der Waals surface area contributed by atoms with Crippen molar-refractivity contribution in [2.75, 3.05) is 6.54 Å². The monoisotopic (exact) mass is 380 g/mol. The zero-order valence-electron chi connectivity index (χ0n) is 15.4. The number of aliphatic hydroxyl groups is 1. The van der Waals surface area contributed by atoms with E-state index in [1.807, 2.05) is 30.3 Å². The van der Waals surface area contributed by atoms with Gasteiger partial charge in [0.2, 0.25) is 0 Å². The van der Waals surface area contributed by atoms with Crippen LogP contribution in [-0.4, -0.2) is 45.6 Å². The zero-order valence-corrected chi connectivity index (χ0v) is 15.4. The molecule has 0 saturated carbocycles. The number of rotatable bonds is 4. The Balaban J connectivity index is 1.50. The Labute approximate surface area is 161 Å². The van der Waals surface area contributed by atoms with Crippen molar-refractivity contribution in [3.63, 3.8) is 0 Å². The molecule has 4 rings (SSSR count). The summed E-state index contributed by atoms with van der Waals surface area (Å²) < 4.78 is 10.4. The number of likely N-dealkylation sites (tertiary alicyclic amines) is 1. The molecule has 1 aromatic heterocycles. The highest BCUT2D eigenvalue weighted by Gasteiger charge is 2.40. The van der Waals surface area contributed by atoms with Crippen LogP contribution in [0.5, 0.6) is 0 Å². The van der Waals surface area contributed by atoms with Crippen LogP contribution in [0.25, 0.3) is 10.8 Å². The normalized spacial score (nSPS) is 19.1. The van der Waals surface area contributed by atoms with E-state index in [4.69, 9.17) is 9.15 Å². The first-order valence-corrected chi connectivity index (χ1v) is 9.07. The molecule has 3 aromatic rings. The minimum absolute atomic E-state index is 0.0409. The SMILES string of the molecule is Cc1nc(COC(=O)C2CC(O)CN2C(=O)c2ccc3ccccc3c2)co1. The molecule has 28 heavy (non-hydrogen) atoms. The van der Waals surface area contributed by atoms with Crippen LogP contribution in [-0.2, 0) is 16.1 Å². The minimum atomic E-state index is -0.832. The smallest absolute Gasteiger partial charge is 0.329 e. The van der Waals surface area contributed by atoms with E-state index in [9.17, 15) is 14.7 Å². The maximum absolute atomic E-state index is 13.0. The average molecular weight is 380 g/mol. The quantitative estimate of drug-likeness (QED) is 0.699. The lowest BCUT2D eigenvalue weighted by molar-refractivity contribution is -0.149. The molecule has 1 saturated heterocycles. The van der Waals surface area contributed by atoms with Gasteiger partial charge >= 0.3 is 5.97 Å². The van der Waals surface area contributed by atoms with Crippen molar-refractivity contribution in [3.05, 3.63) is 65.9 Å². The number of hydrogen-bond acceptors (Lipinski definition) is 6. The van der Waals surface area contributed by atoms with Crippen molar-refractivity contribution in [3.8, 4) is 0 Å². The van der Waals surface area contributed by atoms with E-state index in [0.29, 0.717) is 17.1 Å². The lowest BCUT2D eigenvalue weighted by atomic mass is 10.1. The number of carbonyl (C=O) groups excluding carboxylic acids is 2. The Morgan fingerprint density at radius 3 is 2.79 bits per heavy atom. The standard InChI is InChI=1S/C21H20N2O5/c1-13-22-17(11-27-13)12-28-21(26)19-9-18(24)10-23(19)20(25)16-7-6-14-4-2-3-5-15(14)8-16/h2-8,11,18-19,24H,9-10,12H2,1H3. The maximum atomic E-state index is 13.0. The van der Waals surface area contributed by atoms with E-state index >= 15 is 0 Å². The summed E-state index contributed by atoms with van der Waals surface area (Å²) in [6.45, 7) is 1.75. The van der Waals surface area contributed by atoms with Crippen molar-refractivity contribution in [1.29, 1.82) is 0 Å². The minimum Gasteiger partial charge on any atom is -0.458 e. The number of oxazole rings is 1. The van der Waals surface area contributed by atoms with E-state index in [1.54, 1.807) is 19.1 Å². The summed E-state index contributed by atoms with van der Waals surface area (Å²) in [6, 6.07) is 12.3. The predicted octanol–water partition coefficient (Wildman–Crippen LogP) is 2.46. The van der Waals surface area contributed by atoms with Crippen LogP contribution in [0.3, 0.4) is 0 Å². The molecule has 144 valence electrons. The van der Waals surface area contributed by atoms with Gasteiger partial charge in [-0.15, -0.1) is 0 Å². The van der Waals surface area contributed by atoms with Crippen molar-refractivity contribution in [2.24, 2.45) is 0 Å². The van der Waals surface area contributed by atoms with Gasteiger partial charge in [0.25, 0.3) is 5.91 Å². The molecule has 7 nitrogen and oxygen atoms in total. The van der Waals surface area contributed by atoms with E-state index in [2.05, 4.69) is 4.98 Å². The number of benzene rings is 2. The van der Waals surface area contributed by atoms with Crippen LogP contribution in [0.15, 0.2) is 53.1 Å². The third kappa shape index (κ3) is 3.61. The van der Waals surface area contributed by atoms with E-state index in [-0.39, 0.29) is 25.5 Å². The molecule has 2 aromatic carbocycles. The van der Waals surface area contributed by atoms with Crippen LogP contribution >= 0.6 is 0 Å². The summed E-state index contributed by atoms with van der Waals surface area (Å²) in [4.78, 5) is 31.0. The Morgan fingerprint density at radius 1 is 1.25 bits per heavy atom. The van der Waals surface area contributed by atoms with E-state index in [0.717, 1.165) is 10.8 Å². The first kappa shape index (κ1) is 18.2. The summed E-state index contributed by atoms with van der Waals surface area (Å²) >= 11 is 0. The van der Waals surface area contributed by atoms with Crippen molar-refractivity contribution < 1.29 is 23.8 Å². The van der Waals surface area contributed by atoms with Crippen LogP contribution in [0.4, 0.5) is 0 Å². The van der Waals surface area contributed by atoms with Gasteiger partial charge in [-0.25, -0.2) is 9.78 Å². The van der Waals surface area contributed by atoms with Gasteiger partial charge in [0.1, 0.15) is 24.6 Å². The lowest BCUT2D eigenvalue weighted by Crippen LogP contribution is -2.41. The Morgan fingerprint density at radius 2 is 2.04 bits per heavy atom. The first-order chi connectivity index (χ1) is 13.5. The molecule has 1 aliphatic rings. The number of β-amino-alcohol motifs (C(OH)–C–C–N with tert-alkyl or cyclic N) is 1. The molecule has 0 bridgehead atoms. The van der Waals surface area contributed by atoms with Gasteiger partial charge in [0.15, 0.2) is 5.89 Å². The number of amides is 1. The summed E-state index contributed by atoms with van der Waals surface area (Å²) in [5, 5.41) is 12.0. The van der Waals surface area contributed by atoms with Gasteiger partial charge in [-0.2, -0.15) is 0 Å². The summed E-state index contributed by atoms with van der Waals surface area (Å²) in [7, 11) is 0. The predicted molar refractivity (Wildman–Crippen MR) is 100 cm³/mol. The Kier molecular flexibility index (Phi) is 4.83. The number of nitrogens with zero attached hydrogens (tertiary/aromatic N) is 2. The Hall–Kier alpha value is -3.19. The van der Waals surface area contributed by atoms with E-state index < -0.39 is 18.1 Å². The number of aliphatic hydroxyl groups excluding tert-OH is 1. The largest absolute Gasteiger partial charge is 0.458 e. The highest BCUT2D eigenvalue weighted by Crippen LogP contribution is 2.24. The fourth-order valence-corrected chi connectivity index (χ4v) is 3.47. The summed E-state index contributed by atoms with van der Waals surface area (Å²) in [5.41, 5.74) is 0.967. The summed E-state index contributed by atoms with van der Waals surface area (Å²) in [5.74, 6) is -0.386. The highest BCUT2D eigenvalue weighted by molar-refractivity contribution is 6.00. The van der Waals surface area contributed by atoms with Crippen molar-refractivity contribution >= 4 is 22.6 Å². The molecule has 2 atom stereocenters. The van der Waals surface area contributed by atoms with E-state index in [1.165, 1.54) is 11.2 Å². The van der Waals surface area contributed by atoms with Crippen molar-refractivity contribution in [1.82, 2.24) is 9.88 Å². The Bertz CT molecular complexity index is 1030. The second-order valence-electron chi connectivity index (χ2n) is 6.89. The zero-order chi connectivity index (χ0) is 19.7. The molecular formula is C21H20N2O5. The third-order valence-electron chi connectivity index (χ3n) is 4.84. The van der Waals surface area contributed by atoms with Crippen LogP contribution < -0.4 is 0 Å². The van der Waals surface area contributed by atoms with Crippen LogP contribution in [0, 0.1) is 6.92 Å². The molecule has 2 unspecified atom stereocenters. The second kappa shape index (κ2) is 7.44. The van der Waals surface area contributed by atoms with Gasteiger partial charge in [-0.1, -0.05) is 30.3 Å². The number of aryl methyl sites for hydroxylation is 1. The third-order valence-corrected chi connectivity index (χ3v) is 4.84. The molecular weight excluding hydrogens is 360 g/mol. The molecule has 0 radical (unpaired) electrons. The molecule has 7 heteroatoms. The van der Waals surface area contributed by atoms with Crippen LogP contribution in [0.2, 0.25) is 0 Å². The van der Waals surface area contributed by atoms with Gasteiger partial charge < -0.3 is 19.2 Å². The highest BCUT2D eigenvalue weighted by atomic mass is 16.5. The molecule has 0 aliphatic carbocycles. The number of carbonyl (C=O) groups is 2. The lowest BCUT2D eigenvalue weighted by Gasteiger charge is -2.23. The van der Waals surface area contributed by atoms with Gasteiger partial charge in [-0.3, -0.25) is 4.79 Å². The summed E-state index contributed by atoms with van der Waals surface area (Å²) in [6.07, 6.45) is 0.802. The number of hydrogen-bond donors (Lipinski definition) is 1.